The highest BCUT2D eigenvalue weighted by Gasteiger charge is 2.32. The summed E-state index contributed by atoms with van der Waals surface area (Å²) >= 11 is 0. The van der Waals surface area contributed by atoms with Crippen LogP contribution in [0.25, 0.3) is 130 Å². The fraction of sp³-hybridized carbons (Fsp3) is 0.229. The summed E-state index contributed by atoms with van der Waals surface area (Å²) in [5.74, 6) is 0. The summed E-state index contributed by atoms with van der Waals surface area (Å²) < 4.78 is 0. The van der Waals surface area contributed by atoms with E-state index in [2.05, 4.69) is 241 Å². The van der Waals surface area contributed by atoms with E-state index in [0.717, 1.165) is 0 Å². The van der Waals surface area contributed by atoms with Gasteiger partial charge in [0.15, 0.2) is 0 Å². The summed E-state index contributed by atoms with van der Waals surface area (Å²) in [4.78, 5) is 0. The van der Waals surface area contributed by atoms with Crippen molar-refractivity contribution in [3.63, 3.8) is 0 Å². The first-order chi connectivity index (χ1) is 33.3. The second-order valence-electron chi connectivity index (χ2n) is 24.8. The van der Waals surface area contributed by atoms with Gasteiger partial charge in [0.25, 0.3) is 0 Å². The smallest absolute Gasteiger partial charge is 0.0000483 e. The Morgan fingerprint density at radius 1 is 0.214 bits per heavy atom. The summed E-state index contributed by atoms with van der Waals surface area (Å²) in [5, 5.41) is 26.8. The number of hydrogen-bond acceptors (Lipinski definition) is 0. The average molecular weight is 903 g/mol. The molecule has 13 aromatic rings. The quantitative estimate of drug-likeness (QED) is 0.120. The van der Waals surface area contributed by atoms with Gasteiger partial charge >= 0.3 is 0 Å². The van der Waals surface area contributed by atoms with Gasteiger partial charge in [-0.3, -0.25) is 0 Å². The summed E-state index contributed by atoms with van der Waals surface area (Å²) in [6.45, 7) is 28.1. The Hall–Kier alpha value is -7.02. The van der Waals surface area contributed by atoms with Crippen LogP contribution in [0.1, 0.15) is 105 Å². The average Bonchev–Trinajstić information content (AvgIpc) is 3.85. The molecular formula is C70H62. The van der Waals surface area contributed by atoms with Gasteiger partial charge in [-0.05, 0) is 186 Å². The highest BCUT2D eigenvalue weighted by Crippen LogP contribution is 2.60. The fourth-order valence-electron chi connectivity index (χ4n) is 12.6. The van der Waals surface area contributed by atoms with Crippen molar-refractivity contribution in [3.05, 3.63) is 180 Å². The molecule has 0 unspecified atom stereocenters. The molecule has 0 fully saturated rings. The van der Waals surface area contributed by atoms with E-state index in [-0.39, 0.29) is 21.7 Å². The zero-order valence-electron chi connectivity index (χ0n) is 43.0. The lowest BCUT2D eigenvalue weighted by atomic mass is 9.79. The molecule has 70 heavy (non-hydrogen) atoms. The Labute approximate surface area is 412 Å². The van der Waals surface area contributed by atoms with Crippen LogP contribution in [-0.4, -0.2) is 0 Å². The van der Waals surface area contributed by atoms with Crippen LogP contribution in [0.15, 0.2) is 158 Å². The molecule has 0 heteroatoms. The summed E-state index contributed by atoms with van der Waals surface area (Å²) in [7, 11) is 0. The van der Waals surface area contributed by atoms with E-state index in [0.29, 0.717) is 0 Å². The van der Waals surface area contributed by atoms with E-state index in [4.69, 9.17) is 0 Å². The Kier molecular flexibility index (Phi) is 8.79. The van der Waals surface area contributed by atoms with E-state index in [1.165, 1.54) is 152 Å². The third kappa shape index (κ3) is 6.01. The van der Waals surface area contributed by atoms with Crippen LogP contribution in [0, 0.1) is 0 Å². The molecule has 0 nitrogen and oxygen atoms in total. The Morgan fingerprint density at radius 3 is 0.886 bits per heavy atom. The summed E-state index contributed by atoms with van der Waals surface area (Å²) in [6, 6.07) is 62.1. The Morgan fingerprint density at radius 2 is 0.529 bits per heavy atom. The van der Waals surface area contributed by atoms with Gasteiger partial charge in [0.05, 0.1) is 0 Å². The zero-order valence-corrected chi connectivity index (χ0v) is 43.0. The van der Waals surface area contributed by atoms with Crippen molar-refractivity contribution in [1.29, 1.82) is 0 Å². The minimum absolute atomic E-state index is 0.0376. The van der Waals surface area contributed by atoms with Crippen molar-refractivity contribution < 1.29 is 0 Å². The standard InChI is InChI=1S/C70H62/c1-67(2,3)43-27-21-41(22-28-43)55-53-37-45(69(7,8)9)31-35-49(53)59-62-52-34-26-40-18-14-16-20-48(40)58(52)64-56(42-23-29-44(30-24-42)68(4,5)6)54-38-46(70(10,11)12)32-36-50(54)60(66(62)64)61-51-33-25-39-17-13-15-19-47(39)57(51)63(55)65(59)61/h13-38H,1-12H3. The SMILES string of the molecule is CC(C)(C)c1ccc(-c2c3cc(C(C)(C)C)ccc3c3c4c5ccc6ccccc6c5c5c(-c6ccc(C(C)(C)C)cc6)c6cc(C(C)(C)C)ccc6c(c6c7ccc8ccccc8c7c2c36)c54)cc1. The molecule has 0 saturated carbocycles. The summed E-state index contributed by atoms with van der Waals surface area (Å²) in [5.41, 5.74) is 10.6. The Bertz CT molecular complexity index is 4040. The second kappa shape index (κ2) is 14.3. The number of rotatable bonds is 2. The number of benzene rings is 11. The first-order valence-corrected chi connectivity index (χ1v) is 25.6. The third-order valence-corrected chi connectivity index (χ3v) is 16.3. The lowest BCUT2D eigenvalue weighted by molar-refractivity contribution is 0.590. The van der Waals surface area contributed by atoms with Crippen molar-refractivity contribution in [3.8, 4) is 22.3 Å². The van der Waals surface area contributed by atoms with E-state index >= 15 is 0 Å². The fourth-order valence-corrected chi connectivity index (χ4v) is 12.6. The van der Waals surface area contributed by atoms with Gasteiger partial charge in [0, 0.05) is 0 Å². The lowest BCUT2D eigenvalue weighted by Gasteiger charge is -2.24. The van der Waals surface area contributed by atoms with E-state index < -0.39 is 0 Å². The normalized spacial score (nSPS) is 13.4. The predicted octanol–water partition coefficient (Wildman–Crippen LogP) is 20.6. The number of hydrogen-bond donors (Lipinski definition) is 0. The first kappa shape index (κ1) is 43.0. The molecule has 13 rings (SSSR count). The molecular weight excluding hydrogens is 841 g/mol. The summed E-state index contributed by atoms with van der Waals surface area (Å²) in [6.07, 6.45) is 0. The molecule has 0 aromatic heterocycles. The largest absolute Gasteiger partial charge is 0.0616 e. The van der Waals surface area contributed by atoms with Gasteiger partial charge in [0.2, 0.25) is 0 Å². The molecule has 0 radical (unpaired) electrons. The van der Waals surface area contributed by atoms with Gasteiger partial charge in [-0.2, -0.15) is 0 Å². The maximum absolute atomic E-state index is 2.56. The maximum Gasteiger partial charge on any atom is -0.0000483 e. The highest BCUT2D eigenvalue weighted by atomic mass is 14.3. The highest BCUT2D eigenvalue weighted by molar-refractivity contribution is 6.57. The molecule has 0 amide bonds. The van der Waals surface area contributed by atoms with Crippen molar-refractivity contribution >= 4 is 108 Å². The van der Waals surface area contributed by atoms with Crippen LogP contribution in [0.3, 0.4) is 0 Å². The molecule has 0 N–H and O–H groups in total. The van der Waals surface area contributed by atoms with Gasteiger partial charge in [0.1, 0.15) is 0 Å². The second-order valence-corrected chi connectivity index (χ2v) is 24.8. The molecule has 0 saturated heterocycles. The van der Waals surface area contributed by atoms with Crippen LogP contribution in [-0.2, 0) is 21.7 Å². The van der Waals surface area contributed by atoms with Gasteiger partial charge in [-0.1, -0.05) is 229 Å². The van der Waals surface area contributed by atoms with E-state index in [1.54, 1.807) is 0 Å². The Balaban J connectivity index is 1.39. The minimum Gasteiger partial charge on any atom is -0.0616 e. The molecule has 13 aromatic carbocycles. The minimum atomic E-state index is -0.0479. The van der Waals surface area contributed by atoms with Crippen molar-refractivity contribution in [2.75, 3.05) is 0 Å². The van der Waals surface area contributed by atoms with E-state index in [1.807, 2.05) is 0 Å². The molecule has 0 atom stereocenters. The van der Waals surface area contributed by atoms with Gasteiger partial charge in [-0.15, -0.1) is 0 Å². The van der Waals surface area contributed by atoms with Crippen molar-refractivity contribution in [2.24, 2.45) is 0 Å². The van der Waals surface area contributed by atoms with Crippen molar-refractivity contribution in [1.82, 2.24) is 0 Å². The lowest BCUT2D eigenvalue weighted by Crippen LogP contribution is -2.11. The third-order valence-electron chi connectivity index (χ3n) is 16.3. The van der Waals surface area contributed by atoms with Gasteiger partial charge in [-0.25, -0.2) is 0 Å². The van der Waals surface area contributed by atoms with Crippen LogP contribution in [0.4, 0.5) is 0 Å². The molecule has 0 spiro atoms. The van der Waals surface area contributed by atoms with Crippen LogP contribution in [0.2, 0.25) is 0 Å². The van der Waals surface area contributed by atoms with E-state index in [9.17, 15) is 0 Å². The molecule has 342 valence electrons. The van der Waals surface area contributed by atoms with Crippen molar-refractivity contribution in [2.45, 2.75) is 105 Å². The molecule has 0 aliphatic rings. The van der Waals surface area contributed by atoms with Crippen LogP contribution >= 0.6 is 0 Å². The molecule has 0 bridgehead atoms. The van der Waals surface area contributed by atoms with Crippen LogP contribution in [0.5, 0.6) is 0 Å². The first-order valence-electron chi connectivity index (χ1n) is 25.6. The predicted molar refractivity (Wildman–Crippen MR) is 310 cm³/mol. The van der Waals surface area contributed by atoms with Crippen LogP contribution < -0.4 is 0 Å². The molecule has 0 aliphatic carbocycles. The number of fused-ring (bicyclic) bond motifs is 16. The maximum atomic E-state index is 2.56. The topological polar surface area (TPSA) is 0 Å². The molecule has 0 heterocycles. The molecule has 0 aliphatic heterocycles. The zero-order chi connectivity index (χ0) is 48.6. The monoisotopic (exact) mass is 902 g/mol. The van der Waals surface area contributed by atoms with Gasteiger partial charge < -0.3 is 0 Å².